The first kappa shape index (κ1) is 14.2. The van der Waals surface area contributed by atoms with Gasteiger partial charge in [-0.25, -0.2) is 0 Å². The average Bonchev–Trinajstić information content (AvgIpc) is 2.00. The summed E-state index contributed by atoms with van der Waals surface area (Å²) in [5.41, 5.74) is 0. The minimum atomic E-state index is -0.423. The second-order valence-corrected chi connectivity index (χ2v) is 5.54. The summed E-state index contributed by atoms with van der Waals surface area (Å²) in [6.07, 6.45) is 3.03. The van der Waals surface area contributed by atoms with Crippen LogP contribution in [0.1, 0.15) is 53.9 Å². The third-order valence-corrected chi connectivity index (χ3v) is 2.66. The molecule has 2 heteroatoms. The van der Waals surface area contributed by atoms with Crippen molar-refractivity contribution in [3.8, 4) is 0 Å². The van der Waals surface area contributed by atoms with E-state index in [0.717, 1.165) is 19.3 Å². The number of hydrogen-bond acceptors (Lipinski definition) is 1. The molecule has 0 radical (unpaired) electrons. The first-order chi connectivity index (χ1) is 6.39. The Hall–Kier alpha value is 0.250. The molecule has 0 aliphatic heterocycles. The molecule has 1 nitrogen and oxygen atoms in total. The van der Waals surface area contributed by atoms with Crippen LogP contribution in [0.2, 0.25) is 0 Å². The van der Waals surface area contributed by atoms with Crippen LogP contribution in [0.15, 0.2) is 0 Å². The van der Waals surface area contributed by atoms with Crippen molar-refractivity contribution in [1.29, 1.82) is 0 Å². The van der Waals surface area contributed by atoms with E-state index in [1.165, 1.54) is 0 Å². The normalized spacial score (nSPS) is 16.3. The zero-order valence-electron chi connectivity index (χ0n) is 10.3. The second kappa shape index (κ2) is 6.68. The second-order valence-electron chi connectivity index (χ2n) is 4.85. The van der Waals surface area contributed by atoms with E-state index in [1.807, 2.05) is 6.92 Å². The Morgan fingerprint density at radius 3 is 2.07 bits per heavy atom. The molecule has 14 heavy (non-hydrogen) atoms. The van der Waals surface area contributed by atoms with Crippen molar-refractivity contribution in [1.82, 2.24) is 0 Å². The smallest absolute Gasteiger partial charge is 0.142 e. The van der Waals surface area contributed by atoms with E-state index in [0.29, 0.717) is 18.4 Å². The lowest BCUT2D eigenvalue weighted by molar-refractivity contribution is 0.00326. The average molecular weight is 221 g/mol. The molecule has 0 rings (SSSR count). The highest BCUT2D eigenvalue weighted by molar-refractivity contribution is 6.22. The van der Waals surface area contributed by atoms with Gasteiger partial charge in [0, 0.05) is 6.61 Å². The monoisotopic (exact) mass is 220 g/mol. The molecule has 0 bridgehead atoms. The maximum atomic E-state index is 6.46. The fraction of sp³-hybridized carbons (Fsp3) is 1.00. The zero-order valence-corrected chi connectivity index (χ0v) is 11.0. The van der Waals surface area contributed by atoms with Gasteiger partial charge in [0.25, 0.3) is 0 Å². The van der Waals surface area contributed by atoms with Gasteiger partial charge < -0.3 is 4.74 Å². The number of rotatable bonds is 7. The minimum absolute atomic E-state index is 0.423. The first-order valence-electron chi connectivity index (χ1n) is 5.72. The summed E-state index contributed by atoms with van der Waals surface area (Å²) >= 11 is 6.46. The topological polar surface area (TPSA) is 9.23 Å². The quantitative estimate of drug-likeness (QED) is 0.577. The molecule has 0 amide bonds. The number of halogens is 1. The predicted molar refractivity (Wildman–Crippen MR) is 63.7 cm³/mol. The highest BCUT2D eigenvalue weighted by Crippen LogP contribution is 2.32. The fourth-order valence-corrected chi connectivity index (χ4v) is 2.13. The van der Waals surface area contributed by atoms with E-state index in [9.17, 15) is 0 Å². The van der Waals surface area contributed by atoms with Gasteiger partial charge in [0.2, 0.25) is 0 Å². The Labute approximate surface area is 94.2 Å². The third-order valence-electron chi connectivity index (χ3n) is 2.21. The van der Waals surface area contributed by atoms with Gasteiger partial charge in [0.1, 0.15) is 5.06 Å². The van der Waals surface area contributed by atoms with Gasteiger partial charge in [-0.2, -0.15) is 0 Å². The predicted octanol–water partition coefficient (Wildman–Crippen LogP) is 4.44. The molecule has 0 spiro atoms. The van der Waals surface area contributed by atoms with Gasteiger partial charge in [-0.1, -0.05) is 39.3 Å². The van der Waals surface area contributed by atoms with Crippen LogP contribution in [0.5, 0.6) is 0 Å². The Balaban J connectivity index is 4.08. The van der Waals surface area contributed by atoms with Crippen molar-refractivity contribution in [2.24, 2.45) is 11.8 Å². The summed E-state index contributed by atoms with van der Waals surface area (Å²) in [6.45, 7) is 11.5. The molecule has 0 saturated heterocycles. The number of ether oxygens (including phenoxy) is 1. The van der Waals surface area contributed by atoms with Crippen LogP contribution in [0.4, 0.5) is 0 Å². The lowest BCUT2D eigenvalue weighted by Gasteiger charge is -2.29. The molecule has 1 unspecified atom stereocenters. The van der Waals surface area contributed by atoms with Gasteiger partial charge in [0.15, 0.2) is 0 Å². The molecular weight excluding hydrogens is 196 g/mol. The van der Waals surface area contributed by atoms with Gasteiger partial charge in [-0.3, -0.25) is 0 Å². The molecule has 0 heterocycles. The van der Waals surface area contributed by atoms with Crippen LogP contribution in [-0.4, -0.2) is 11.7 Å². The van der Waals surface area contributed by atoms with Crippen LogP contribution in [-0.2, 0) is 4.74 Å². The zero-order chi connectivity index (χ0) is 11.2. The molecule has 86 valence electrons. The number of hydrogen-bond donors (Lipinski definition) is 0. The maximum Gasteiger partial charge on any atom is 0.142 e. The van der Waals surface area contributed by atoms with E-state index < -0.39 is 5.06 Å². The summed E-state index contributed by atoms with van der Waals surface area (Å²) in [5, 5.41) is -0.423. The summed E-state index contributed by atoms with van der Waals surface area (Å²) in [4.78, 5) is 0. The SMILES string of the molecule is CCOC(Cl)(CCC(C)C)CC(C)C. The third kappa shape index (κ3) is 6.67. The molecule has 0 aliphatic carbocycles. The van der Waals surface area contributed by atoms with Crippen LogP contribution < -0.4 is 0 Å². The van der Waals surface area contributed by atoms with Gasteiger partial charge >= 0.3 is 0 Å². The molecule has 0 fully saturated rings. The molecule has 0 aliphatic rings. The van der Waals surface area contributed by atoms with Crippen LogP contribution in [0.25, 0.3) is 0 Å². The summed E-state index contributed by atoms with van der Waals surface area (Å²) in [5.74, 6) is 1.28. The van der Waals surface area contributed by atoms with Crippen molar-refractivity contribution in [2.75, 3.05) is 6.61 Å². The Morgan fingerprint density at radius 1 is 1.14 bits per heavy atom. The molecule has 0 aromatic rings. The molecular formula is C12H25ClO. The van der Waals surface area contributed by atoms with Gasteiger partial charge in [-0.15, -0.1) is 0 Å². The Kier molecular flexibility index (Phi) is 6.80. The van der Waals surface area contributed by atoms with E-state index >= 15 is 0 Å². The molecule has 0 saturated carbocycles. The van der Waals surface area contributed by atoms with E-state index in [1.54, 1.807) is 0 Å². The molecule has 0 N–H and O–H groups in total. The van der Waals surface area contributed by atoms with Crippen molar-refractivity contribution in [3.05, 3.63) is 0 Å². The van der Waals surface area contributed by atoms with Crippen molar-refractivity contribution < 1.29 is 4.74 Å². The van der Waals surface area contributed by atoms with Crippen LogP contribution >= 0.6 is 11.6 Å². The summed E-state index contributed by atoms with van der Waals surface area (Å²) in [7, 11) is 0. The summed E-state index contributed by atoms with van der Waals surface area (Å²) in [6, 6.07) is 0. The van der Waals surface area contributed by atoms with Crippen molar-refractivity contribution >= 4 is 11.6 Å². The van der Waals surface area contributed by atoms with Crippen LogP contribution in [0.3, 0.4) is 0 Å². The maximum absolute atomic E-state index is 6.46. The van der Waals surface area contributed by atoms with Gasteiger partial charge in [0.05, 0.1) is 0 Å². The Morgan fingerprint density at radius 2 is 1.71 bits per heavy atom. The van der Waals surface area contributed by atoms with E-state index in [-0.39, 0.29) is 0 Å². The van der Waals surface area contributed by atoms with E-state index in [4.69, 9.17) is 16.3 Å². The summed E-state index contributed by atoms with van der Waals surface area (Å²) < 4.78 is 5.66. The minimum Gasteiger partial charge on any atom is -0.360 e. The standard InChI is InChI=1S/C12H25ClO/c1-6-14-12(13,9-11(4)5)8-7-10(2)3/h10-11H,6-9H2,1-5H3. The fourth-order valence-electron chi connectivity index (χ4n) is 1.61. The Bertz CT molecular complexity index is 145. The molecule has 1 atom stereocenters. The lowest BCUT2D eigenvalue weighted by Crippen LogP contribution is -2.28. The first-order valence-corrected chi connectivity index (χ1v) is 6.10. The highest BCUT2D eigenvalue weighted by Gasteiger charge is 2.28. The van der Waals surface area contributed by atoms with E-state index in [2.05, 4.69) is 27.7 Å². The highest BCUT2D eigenvalue weighted by atomic mass is 35.5. The van der Waals surface area contributed by atoms with Crippen LogP contribution in [0, 0.1) is 11.8 Å². The molecule has 0 aromatic carbocycles. The number of alkyl halides is 1. The molecule has 0 aromatic heterocycles. The lowest BCUT2D eigenvalue weighted by atomic mass is 9.98. The van der Waals surface area contributed by atoms with Crippen molar-refractivity contribution in [2.45, 2.75) is 58.9 Å². The van der Waals surface area contributed by atoms with Crippen molar-refractivity contribution in [3.63, 3.8) is 0 Å². The van der Waals surface area contributed by atoms with Gasteiger partial charge in [-0.05, 0) is 38.0 Å². The largest absolute Gasteiger partial charge is 0.360 e.